The number of rotatable bonds is 2. The van der Waals surface area contributed by atoms with E-state index in [4.69, 9.17) is 20.4 Å². The standard InChI is InChI=1S/C16H18FN3O.C2HF3O2/c1-16(10-19-9-14(18)21-16)12-5-2-4-11(8-12)13-6-3-7-20-15(13)17;3-2(4,5)1(6)7/h2-8,14,19H,9-10,18H2,1H3;(H,6,7). The number of benzene rings is 1. The Morgan fingerprint density at radius 2 is 2.04 bits per heavy atom. The third-order valence-corrected chi connectivity index (χ3v) is 4.01. The zero-order valence-corrected chi connectivity index (χ0v) is 14.8. The van der Waals surface area contributed by atoms with Crippen LogP contribution in [0.2, 0.25) is 0 Å². The van der Waals surface area contributed by atoms with Gasteiger partial charge in [-0.05, 0) is 36.2 Å². The molecule has 0 saturated carbocycles. The average Bonchev–Trinajstić information content (AvgIpc) is 2.62. The van der Waals surface area contributed by atoms with Crippen molar-refractivity contribution in [1.82, 2.24) is 10.3 Å². The number of hydrogen-bond donors (Lipinski definition) is 3. The molecule has 0 amide bonds. The highest BCUT2D eigenvalue weighted by Crippen LogP contribution is 2.31. The maximum atomic E-state index is 13.8. The van der Waals surface area contributed by atoms with Crippen molar-refractivity contribution >= 4 is 5.97 Å². The van der Waals surface area contributed by atoms with E-state index in [2.05, 4.69) is 10.3 Å². The molecule has 3 rings (SSSR count). The molecule has 152 valence electrons. The van der Waals surface area contributed by atoms with Gasteiger partial charge in [0.2, 0.25) is 5.95 Å². The van der Waals surface area contributed by atoms with Crippen LogP contribution in [-0.2, 0) is 15.1 Å². The van der Waals surface area contributed by atoms with E-state index in [1.807, 2.05) is 31.2 Å². The third-order valence-electron chi connectivity index (χ3n) is 4.01. The van der Waals surface area contributed by atoms with Gasteiger partial charge < -0.3 is 20.9 Å². The van der Waals surface area contributed by atoms with Crippen LogP contribution in [0.4, 0.5) is 17.6 Å². The Morgan fingerprint density at radius 1 is 1.36 bits per heavy atom. The molecule has 0 bridgehead atoms. The van der Waals surface area contributed by atoms with E-state index in [0.29, 0.717) is 18.7 Å². The van der Waals surface area contributed by atoms with E-state index in [1.165, 1.54) is 6.20 Å². The van der Waals surface area contributed by atoms with Crippen molar-refractivity contribution in [3.05, 3.63) is 54.1 Å². The van der Waals surface area contributed by atoms with Crippen LogP contribution in [0.3, 0.4) is 0 Å². The zero-order chi connectivity index (χ0) is 20.9. The summed E-state index contributed by atoms with van der Waals surface area (Å²) in [5.74, 6) is -3.23. The van der Waals surface area contributed by atoms with E-state index in [0.717, 1.165) is 11.1 Å². The predicted molar refractivity (Wildman–Crippen MR) is 92.6 cm³/mol. The van der Waals surface area contributed by atoms with Crippen molar-refractivity contribution < 1.29 is 32.2 Å². The largest absolute Gasteiger partial charge is 0.490 e. The van der Waals surface area contributed by atoms with Crippen molar-refractivity contribution in [3.8, 4) is 11.1 Å². The topological polar surface area (TPSA) is 97.5 Å². The van der Waals surface area contributed by atoms with Gasteiger partial charge in [-0.3, -0.25) is 0 Å². The second-order valence-corrected chi connectivity index (χ2v) is 6.24. The van der Waals surface area contributed by atoms with Gasteiger partial charge in [-0.25, -0.2) is 9.78 Å². The average molecular weight is 401 g/mol. The summed E-state index contributed by atoms with van der Waals surface area (Å²) in [5, 5.41) is 10.4. The lowest BCUT2D eigenvalue weighted by Crippen LogP contribution is -2.53. The van der Waals surface area contributed by atoms with Crippen LogP contribution in [0.1, 0.15) is 12.5 Å². The molecule has 2 aromatic rings. The minimum Gasteiger partial charge on any atom is -0.475 e. The molecule has 2 atom stereocenters. The van der Waals surface area contributed by atoms with Crippen molar-refractivity contribution in [2.45, 2.75) is 24.9 Å². The van der Waals surface area contributed by atoms with Crippen LogP contribution < -0.4 is 11.1 Å². The molecule has 2 heterocycles. The summed E-state index contributed by atoms with van der Waals surface area (Å²) >= 11 is 0. The number of morpholine rings is 1. The zero-order valence-electron chi connectivity index (χ0n) is 14.8. The van der Waals surface area contributed by atoms with Crippen LogP contribution in [0.25, 0.3) is 11.1 Å². The monoisotopic (exact) mass is 401 g/mol. The fourth-order valence-electron chi connectivity index (χ4n) is 2.66. The summed E-state index contributed by atoms with van der Waals surface area (Å²) in [6, 6.07) is 11.1. The summed E-state index contributed by atoms with van der Waals surface area (Å²) in [4.78, 5) is 12.6. The lowest BCUT2D eigenvalue weighted by molar-refractivity contribution is -0.192. The molecular formula is C18H19F4N3O3. The first kappa shape index (κ1) is 21.7. The highest BCUT2D eigenvalue weighted by Gasteiger charge is 2.38. The molecule has 1 aromatic carbocycles. The Kier molecular flexibility index (Phi) is 6.70. The second kappa shape index (κ2) is 8.63. The molecule has 1 fully saturated rings. The number of carboxylic acid groups (broad SMARTS) is 1. The first-order chi connectivity index (χ1) is 13.0. The quantitative estimate of drug-likeness (QED) is 0.529. The number of hydrogen-bond acceptors (Lipinski definition) is 5. The summed E-state index contributed by atoms with van der Waals surface area (Å²) < 4.78 is 51.5. The highest BCUT2D eigenvalue weighted by atomic mass is 19.4. The number of nitrogens with zero attached hydrogens (tertiary/aromatic N) is 1. The number of alkyl halides is 3. The van der Waals surface area contributed by atoms with Gasteiger partial charge in [0, 0.05) is 24.8 Å². The predicted octanol–water partition coefficient (Wildman–Crippen LogP) is 2.64. The number of nitrogens with one attached hydrogen (secondary N) is 1. The van der Waals surface area contributed by atoms with Crippen molar-refractivity contribution in [3.63, 3.8) is 0 Å². The molecule has 0 aliphatic carbocycles. The molecule has 0 spiro atoms. The number of carbonyl (C=O) groups is 1. The molecule has 1 aliphatic rings. The maximum absolute atomic E-state index is 13.8. The molecule has 10 heteroatoms. The molecule has 1 aliphatic heterocycles. The fourth-order valence-corrected chi connectivity index (χ4v) is 2.66. The Morgan fingerprint density at radius 3 is 2.61 bits per heavy atom. The number of halogens is 4. The van der Waals surface area contributed by atoms with Crippen LogP contribution in [0.5, 0.6) is 0 Å². The number of nitrogens with two attached hydrogens (primary N) is 1. The van der Waals surface area contributed by atoms with Gasteiger partial charge in [0.25, 0.3) is 0 Å². The van der Waals surface area contributed by atoms with Crippen LogP contribution in [-0.4, -0.2) is 41.6 Å². The lowest BCUT2D eigenvalue weighted by Gasteiger charge is -2.38. The summed E-state index contributed by atoms with van der Waals surface area (Å²) in [6.07, 6.45) is -3.99. The Hall–Kier alpha value is -2.56. The van der Waals surface area contributed by atoms with Gasteiger partial charge in [-0.1, -0.05) is 18.2 Å². The summed E-state index contributed by atoms with van der Waals surface area (Å²) in [5.41, 5.74) is 7.57. The molecule has 0 radical (unpaired) electrons. The Bertz CT molecular complexity index is 832. The normalized spacial score (nSPS) is 22.1. The number of ether oxygens (including phenoxy) is 1. The molecule has 4 N–H and O–H groups in total. The summed E-state index contributed by atoms with van der Waals surface area (Å²) in [7, 11) is 0. The Labute approximate surface area is 158 Å². The number of carboxylic acids is 1. The number of aliphatic carboxylic acids is 1. The van der Waals surface area contributed by atoms with Gasteiger partial charge >= 0.3 is 12.1 Å². The van der Waals surface area contributed by atoms with Gasteiger partial charge in [-0.2, -0.15) is 17.6 Å². The smallest absolute Gasteiger partial charge is 0.475 e. The van der Waals surface area contributed by atoms with Crippen molar-refractivity contribution in [2.24, 2.45) is 5.73 Å². The third kappa shape index (κ3) is 5.47. The molecular weight excluding hydrogens is 382 g/mol. The highest BCUT2D eigenvalue weighted by molar-refractivity contribution is 5.73. The first-order valence-electron chi connectivity index (χ1n) is 8.18. The summed E-state index contributed by atoms with van der Waals surface area (Å²) in [6.45, 7) is 3.28. The minimum absolute atomic E-state index is 0.345. The molecule has 1 aromatic heterocycles. The van der Waals surface area contributed by atoms with Crippen LogP contribution >= 0.6 is 0 Å². The van der Waals surface area contributed by atoms with Crippen LogP contribution in [0, 0.1) is 5.95 Å². The molecule has 28 heavy (non-hydrogen) atoms. The molecule has 6 nitrogen and oxygen atoms in total. The van der Waals surface area contributed by atoms with Crippen molar-refractivity contribution in [2.75, 3.05) is 13.1 Å². The van der Waals surface area contributed by atoms with E-state index < -0.39 is 23.7 Å². The first-order valence-corrected chi connectivity index (χ1v) is 8.18. The SMILES string of the molecule is CC1(c2cccc(-c3cccnc3F)c2)CNCC(N)O1.O=C(O)C(F)(F)F. The number of pyridine rings is 1. The van der Waals surface area contributed by atoms with E-state index in [1.54, 1.807) is 12.1 Å². The lowest BCUT2D eigenvalue weighted by atomic mass is 9.91. The van der Waals surface area contributed by atoms with Crippen LogP contribution in [0.15, 0.2) is 42.6 Å². The minimum atomic E-state index is -5.08. The van der Waals surface area contributed by atoms with Gasteiger partial charge in [-0.15, -0.1) is 0 Å². The van der Waals surface area contributed by atoms with Crippen molar-refractivity contribution in [1.29, 1.82) is 0 Å². The van der Waals surface area contributed by atoms with E-state index >= 15 is 0 Å². The van der Waals surface area contributed by atoms with Gasteiger partial charge in [0.15, 0.2) is 0 Å². The van der Waals surface area contributed by atoms with Gasteiger partial charge in [0.1, 0.15) is 11.8 Å². The van der Waals surface area contributed by atoms with E-state index in [-0.39, 0.29) is 6.23 Å². The number of aromatic nitrogens is 1. The molecule has 1 saturated heterocycles. The molecule has 2 unspecified atom stereocenters. The second-order valence-electron chi connectivity index (χ2n) is 6.24. The van der Waals surface area contributed by atoms with E-state index in [9.17, 15) is 17.6 Å². The fraction of sp³-hybridized carbons (Fsp3) is 0.333. The maximum Gasteiger partial charge on any atom is 0.490 e. The van der Waals surface area contributed by atoms with Gasteiger partial charge in [0.05, 0.1) is 0 Å². The Balaban J connectivity index is 0.000000345.